The Morgan fingerprint density at radius 1 is 1.29 bits per heavy atom. The van der Waals surface area contributed by atoms with E-state index < -0.39 is 17.7 Å². The number of aromatic carboxylic acids is 1. The summed E-state index contributed by atoms with van der Waals surface area (Å²) in [4.78, 5) is 35.2. The van der Waals surface area contributed by atoms with Gasteiger partial charge in [-0.1, -0.05) is 6.07 Å². The summed E-state index contributed by atoms with van der Waals surface area (Å²) in [6.45, 7) is 2.06. The quantitative estimate of drug-likeness (QED) is 0.596. The number of carboxylic acid groups (broad SMARTS) is 1. The third-order valence-corrected chi connectivity index (χ3v) is 2.61. The van der Waals surface area contributed by atoms with E-state index in [0.29, 0.717) is 6.54 Å². The van der Waals surface area contributed by atoms with E-state index in [9.17, 15) is 19.5 Å². The van der Waals surface area contributed by atoms with Gasteiger partial charge in [-0.05, 0) is 19.1 Å². The summed E-state index contributed by atoms with van der Waals surface area (Å²) in [5, 5.41) is 23.5. The first-order valence-corrected chi connectivity index (χ1v) is 6.20. The van der Waals surface area contributed by atoms with E-state index in [1.54, 1.807) is 6.92 Å². The monoisotopic (exact) mass is 295 g/mol. The maximum absolute atomic E-state index is 11.9. The van der Waals surface area contributed by atoms with Gasteiger partial charge in [0.25, 0.3) is 0 Å². The molecule has 0 saturated heterocycles. The third kappa shape index (κ3) is 4.37. The van der Waals surface area contributed by atoms with E-state index in [4.69, 9.17) is 5.11 Å². The SMILES string of the molecule is CCNC(=O)CN(C)C(=O)Nc1cccc(C(=O)O)c1O. The minimum Gasteiger partial charge on any atom is -0.505 e. The number of hydrogen-bond donors (Lipinski definition) is 4. The summed E-state index contributed by atoms with van der Waals surface area (Å²) in [5.74, 6) is -2.16. The van der Waals surface area contributed by atoms with Crippen molar-refractivity contribution < 1.29 is 24.6 Å². The molecule has 0 aliphatic rings. The molecule has 0 fully saturated rings. The van der Waals surface area contributed by atoms with Crippen molar-refractivity contribution >= 4 is 23.6 Å². The molecule has 114 valence electrons. The zero-order chi connectivity index (χ0) is 16.0. The number of phenols is 1. The molecule has 0 aliphatic heterocycles. The average molecular weight is 295 g/mol. The van der Waals surface area contributed by atoms with Crippen molar-refractivity contribution in [2.45, 2.75) is 6.92 Å². The number of rotatable bonds is 5. The molecule has 1 aromatic carbocycles. The number of amides is 3. The van der Waals surface area contributed by atoms with Crippen LogP contribution < -0.4 is 10.6 Å². The number of nitrogens with one attached hydrogen (secondary N) is 2. The van der Waals surface area contributed by atoms with Crippen molar-refractivity contribution in [2.75, 3.05) is 25.5 Å². The van der Waals surface area contributed by atoms with Crippen LogP contribution in [-0.4, -0.2) is 53.2 Å². The number of carbonyl (C=O) groups is 3. The van der Waals surface area contributed by atoms with Gasteiger partial charge in [0.05, 0.1) is 5.69 Å². The lowest BCUT2D eigenvalue weighted by Crippen LogP contribution is -2.40. The molecule has 8 heteroatoms. The molecule has 0 saturated carbocycles. The van der Waals surface area contributed by atoms with Crippen LogP contribution in [0.5, 0.6) is 5.75 Å². The summed E-state index contributed by atoms with van der Waals surface area (Å²) >= 11 is 0. The highest BCUT2D eigenvalue weighted by atomic mass is 16.4. The molecule has 0 radical (unpaired) electrons. The summed E-state index contributed by atoms with van der Waals surface area (Å²) in [6, 6.07) is 3.33. The fourth-order valence-corrected chi connectivity index (χ4v) is 1.57. The van der Waals surface area contributed by atoms with Crippen molar-refractivity contribution in [2.24, 2.45) is 0 Å². The molecule has 1 aromatic rings. The smallest absolute Gasteiger partial charge is 0.339 e. The second kappa shape index (κ2) is 7.13. The fraction of sp³-hybridized carbons (Fsp3) is 0.308. The van der Waals surface area contributed by atoms with Gasteiger partial charge in [-0.25, -0.2) is 9.59 Å². The zero-order valence-electron chi connectivity index (χ0n) is 11.7. The first-order chi connectivity index (χ1) is 9.86. The molecular formula is C13H17N3O5. The number of carboxylic acids is 1. The van der Waals surface area contributed by atoms with E-state index in [2.05, 4.69) is 10.6 Å². The summed E-state index contributed by atoms with van der Waals surface area (Å²) in [6.07, 6.45) is 0. The number of urea groups is 1. The number of nitrogens with zero attached hydrogens (tertiary/aromatic N) is 1. The standard InChI is InChI=1S/C13H17N3O5/c1-3-14-10(17)7-16(2)13(21)15-9-6-4-5-8(11(9)18)12(19)20/h4-6,18H,3,7H2,1-2H3,(H,14,17)(H,15,21)(H,19,20). The fourth-order valence-electron chi connectivity index (χ4n) is 1.57. The van der Waals surface area contributed by atoms with Crippen LogP contribution in [0, 0.1) is 0 Å². The molecule has 0 aromatic heterocycles. The molecular weight excluding hydrogens is 278 g/mol. The van der Waals surface area contributed by atoms with Crippen molar-refractivity contribution in [3.05, 3.63) is 23.8 Å². The highest BCUT2D eigenvalue weighted by Crippen LogP contribution is 2.27. The van der Waals surface area contributed by atoms with Crippen LogP contribution >= 0.6 is 0 Å². The Labute approximate surface area is 121 Å². The Balaban J connectivity index is 2.77. The number of carbonyl (C=O) groups excluding carboxylic acids is 2. The van der Waals surface area contributed by atoms with Crippen LogP contribution in [-0.2, 0) is 4.79 Å². The first kappa shape index (κ1) is 16.3. The molecule has 21 heavy (non-hydrogen) atoms. The summed E-state index contributed by atoms with van der Waals surface area (Å²) in [5.41, 5.74) is -0.359. The van der Waals surface area contributed by atoms with Gasteiger partial charge >= 0.3 is 12.0 Å². The van der Waals surface area contributed by atoms with Crippen LogP contribution in [0.4, 0.5) is 10.5 Å². The summed E-state index contributed by atoms with van der Waals surface area (Å²) in [7, 11) is 1.41. The molecule has 0 spiro atoms. The topological polar surface area (TPSA) is 119 Å². The van der Waals surface area contributed by atoms with E-state index in [1.807, 2.05) is 0 Å². The number of benzene rings is 1. The maximum atomic E-state index is 11.9. The van der Waals surface area contributed by atoms with Gasteiger partial charge < -0.3 is 25.7 Å². The molecule has 1 rings (SSSR count). The average Bonchev–Trinajstić information content (AvgIpc) is 2.40. The Morgan fingerprint density at radius 3 is 2.52 bits per heavy atom. The molecule has 4 N–H and O–H groups in total. The van der Waals surface area contributed by atoms with Crippen LogP contribution in [0.3, 0.4) is 0 Å². The van der Waals surface area contributed by atoms with Gasteiger partial charge in [0.1, 0.15) is 12.1 Å². The first-order valence-electron chi connectivity index (χ1n) is 6.20. The predicted molar refractivity (Wildman–Crippen MR) is 75.4 cm³/mol. The van der Waals surface area contributed by atoms with Gasteiger partial charge in [0.2, 0.25) is 5.91 Å². The van der Waals surface area contributed by atoms with Crippen LogP contribution in [0.25, 0.3) is 0 Å². The molecule has 0 aliphatic carbocycles. The van der Waals surface area contributed by atoms with Gasteiger partial charge in [-0.3, -0.25) is 4.79 Å². The Bertz CT molecular complexity index is 559. The minimum absolute atomic E-state index is 0.0392. The Hall–Kier alpha value is -2.77. The lowest BCUT2D eigenvalue weighted by Gasteiger charge is -2.18. The van der Waals surface area contributed by atoms with E-state index >= 15 is 0 Å². The molecule has 0 heterocycles. The zero-order valence-corrected chi connectivity index (χ0v) is 11.7. The van der Waals surface area contributed by atoms with Crippen LogP contribution in [0.15, 0.2) is 18.2 Å². The largest absolute Gasteiger partial charge is 0.505 e. The lowest BCUT2D eigenvalue weighted by atomic mass is 10.1. The van der Waals surface area contributed by atoms with Crippen molar-refractivity contribution in [3.63, 3.8) is 0 Å². The number of likely N-dealkylation sites (N-methyl/N-ethyl adjacent to an activating group) is 2. The third-order valence-electron chi connectivity index (χ3n) is 2.61. The molecule has 0 atom stereocenters. The maximum Gasteiger partial charge on any atom is 0.339 e. The Morgan fingerprint density at radius 2 is 1.95 bits per heavy atom. The predicted octanol–water partition coefficient (Wildman–Crippen LogP) is 0.690. The van der Waals surface area contributed by atoms with E-state index in [0.717, 1.165) is 4.90 Å². The van der Waals surface area contributed by atoms with Gasteiger partial charge in [0.15, 0.2) is 5.75 Å². The molecule has 8 nitrogen and oxygen atoms in total. The van der Waals surface area contributed by atoms with Crippen molar-refractivity contribution in [3.8, 4) is 5.75 Å². The number of hydrogen-bond acceptors (Lipinski definition) is 4. The second-order valence-corrected chi connectivity index (χ2v) is 4.25. The van der Waals surface area contributed by atoms with Gasteiger partial charge in [-0.2, -0.15) is 0 Å². The van der Waals surface area contributed by atoms with Crippen LogP contribution in [0.1, 0.15) is 17.3 Å². The van der Waals surface area contributed by atoms with E-state index in [1.165, 1.54) is 25.2 Å². The van der Waals surface area contributed by atoms with Crippen LogP contribution in [0.2, 0.25) is 0 Å². The van der Waals surface area contributed by atoms with Gasteiger partial charge in [-0.15, -0.1) is 0 Å². The molecule has 3 amide bonds. The molecule has 0 unspecified atom stereocenters. The second-order valence-electron chi connectivity index (χ2n) is 4.25. The van der Waals surface area contributed by atoms with E-state index in [-0.39, 0.29) is 23.7 Å². The molecule has 0 bridgehead atoms. The number of anilines is 1. The normalized spacial score (nSPS) is 9.81. The van der Waals surface area contributed by atoms with Gasteiger partial charge in [0, 0.05) is 13.6 Å². The number of para-hydroxylation sites is 1. The summed E-state index contributed by atoms with van der Waals surface area (Å²) < 4.78 is 0. The highest BCUT2D eigenvalue weighted by Gasteiger charge is 2.17. The minimum atomic E-state index is -1.31. The highest BCUT2D eigenvalue weighted by molar-refractivity contribution is 5.98. The number of aromatic hydroxyl groups is 1. The lowest BCUT2D eigenvalue weighted by molar-refractivity contribution is -0.121. The Kier molecular flexibility index (Phi) is 5.53. The van der Waals surface area contributed by atoms with Crippen molar-refractivity contribution in [1.82, 2.24) is 10.2 Å². The van der Waals surface area contributed by atoms with Crippen molar-refractivity contribution in [1.29, 1.82) is 0 Å².